The molecule has 148 valence electrons. The molecule has 0 saturated carbocycles. The zero-order valence-electron chi connectivity index (χ0n) is 16.6. The van der Waals surface area contributed by atoms with Crippen molar-refractivity contribution in [3.8, 4) is 0 Å². The summed E-state index contributed by atoms with van der Waals surface area (Å²) in [5.41, 5.74) is 1.42. The molecule has 28 heavy (non-hydrogen) atoms. The summed E-state index contributed by atoms with van der Waals surface area (Å²) in [4.78, 5) is 27.1. The van der Waals surface area contributed by atoms with Gasteiger partial charge in [-0.1, -0.05) is 60.7 Å². The van der Waals surface area contributed by atoms with Crippen molar-refractivity contribution < 1.29 is 19.1 Å². The zero-order valence-corrected chi connectivity index (χ0v) is 16.6. The summed E-state index contributed by atoms with van der Waals surface area (Å²) in [7, 11) is 0. The Labute approximate surface area is 166 Å². The molecule has 0 N–H and O–H groups in total. The molecule has 0 bridgehead atoms. The molecule has 5 nitrogen and oxygen atoms in total. The highest BCUT2D eigenvalue weighted by atomic mass is 16.6. The fraction of sp³-hybridized carbons (Fsp3) is 0.391. The summed E-state index contributed by atoms with van der Waals surface area (Å²) in [6.45, 7) is 6.26. The first kappa shape index (κ1) is 20.1. The third-order valence-corrected chi connectivity index (χ3v) is 4.63. The maximum absolute atomic E-state index is 12.6. The fourth-order valence-corrected chi connectivity index (χ4v) is 3.23. The second kappa shape index (κ2) is 8.57. The SMILES string of the molecule is CC(C)(C)OC(=O)C1CC(C(=O)OCc2ccccc2)N1Cc1ccccc1. The number of likely N-dealkylation sites (tertiary alicyclic amines) is 1. The number of esters is 2. The van der Waals surface area contributed by atoms with Gasteiger partial charge in [-0.3, -0.25) is 14.5 Å². The van der Waals surface area contributed by atoms with Crippen LogP contribution in [0.4, 0.5) is 0 Å². The second-order valence-electron chi connectivity index (χ2n) is 8.05. The topological polar surface area (TPSA) is 55.8 Å². The van der Waals surface area contributed by atoms with Crippen LogP contribution in [0.5, 0.6) is 0 Å². The van der Waals surface area contributed by atoms with Crippen LogP contribution >= 0.6 is 0 Å². The van der Waals surface area contributed by atoms with Gasteiger partial charge in [0.25, 0.3) is 0 Å². The fourth-order valence-electron chi connectivity index (χ4n) is 3.23. The molecule has 2 unspecified atom stereocenters. The van der Waals surface area contributed by atoms with Gasteiger partial charge in [-0.15, -0.1) is 0 Å². The molecule has 1 fully saturated rings. The number of rotatable bonds is 6. The van der Waals surface area contributed by atoms with Gasteiger partial charge in [0.05, 0.1) is 0 Å². The summed E-state index contributed by atoms with van der Waals surface area (Å²) < 4.78 is 11.0. The van der Waals surface area contributed by atoms with Crippen molar-refractivity contribution in [3.63, 3.8) is 0 Å². The standard InChI is InChI=1S/C23H27NO4/c1-23(2,3)28-22(26)20-14-19(24(20)15-17-10-6-4-7-11-17)21(25)27-16-18-12-8-5-9-13-18/h4-13,19-20H,14-16H2,1-3H3. The van der Waals surface area contributed by atoms with E-state index in [0.717, 1.165) is 11.1 Å². The van der Waals surface area contributed by atoms with Crippen LogP contribution in [-0.4, -0.2) is 34.5 Å². The molecule has 0 spiro atoms. The minimum atomic E-state index is -0.561. The van der Waals surface area contributed by atoms with Gasteiger partial charge < -0.3 is 9.47 Å². The lowest BCUT2D eigenvalue weighted by molar-refractivity contribution is -0.178. The minimum absolute atomic E-state index is 0.229. The molecule has 1 heterocycles. The zero-order chi connectivity index (χ0) is 20.1. The van der Waals surface area contributed by atoms with Gasteiger partial charge in [0.15, 0.2) is 0 Å². The van der Waals surface area contributed by atoms with Gasteiger partial charge in [-0.25, -0.2) is 0 Å². The molecule has 0 aliphatic carbocycles. The number of nitrogens with zero attached hydrogens (tertiary/aromatic N) is 1. The van der Waals surface area contributed by atoms with E-state index in [4.69, 9.17) is 9.47 Å². The van der Waals surface area contributed by atoms with E-state index in [-0.39, 0.29) is 18.5 Å². The van der Waals surface area contributed by atoms with Crippen LogP contribution < -0.4 is 0 Å². The largest absolute Gasteiger partial charge is 0.460 e. The highest BCUT2D eigenvalue weighted by molar-refractivity contribution is 5.84. The monoisotopic (exact) mass is 381 g/mol. The number of carbonyl (C=O) groups is 2. The molecule has 0 radical (unpaired) electrons. The Hall–Kier alpha value is -2.66. The van der Waals surface area contributed by atoms with Crippen LogP contribution in [0.2, 0.25) is 0 Å². The van der Waals surface area contributed by atoms with E-state index >= 15 is 0 Å². The van der Waals surface area contributed by atoms with E-state index in [1.54, 1.807) is 0 Å². The van der Waals surface area contributed by atoms with E-state index in [9.17, 15) is 9.59 Å². The molecule has 2 atom stereocenters. The van der Waals surface area contributed by atoms with E-state index in [1.165, 1.54) is 0 Å². The Bertz CT molecular complexity index is 798. The third kappa shape index (κ3) is 5.20. The average molecular weight is 381 g/mol. The lowest BCUT2D eigenvalue weighted by Gasteiger charge is -2.46. The molecule has 2 aromatic rings. The number of hydrogen-bond donors (Lipinski definition) is 0. The molecule has 2 aromatic carbocycles. The van der Waals surface area contributed by atoms with Crippen molar-refractivity contribution in [2.45, 2.75) is 58.0 Å². The van der Waals surface area contributed by atoms with Crippen molar-refractivity contribution in [1.29, 1.82) is 0 Å². The van der Waals surface area contributed by atoms with Crippen LogP contribution in [0, 0.1) is 0 Å². The summed E-state index contributed by atoms with van der Waals surface area (Å²) >= 11 is 0. The highest BCUT2D eigenvalue weighted by Crippen LogP contribution is 2.31. The maximum Gasteiger partial charge on any atom is 0.323 e. The molecule has 1 saturated heterocycles. The number of benzene rings is 2. The molecule has 5 heteroatoms. The Morgan fingerprint density at radius 3 is 2.00 bits per heavy atom. The first-order valence-electron chi connectivity index (χ1n) is 9.56. The van der Waals surface area contributed by atoms with Gasteiger partial charge in [0.2, 0.25) is 0 Å². The maximum atomic E-state index is 12.6. The van der Waals surface area contributed by atoms with Crippen LogP contribution in [0.1, 0.15) is 38.3 Å². The lowest BCUT2D eigenvalue weighted by Crippen LogP contribution is -2.63. The quantitative estimate of drug-likeness (QED) is 0.714. The average Bonchev–Trinajstić information content (AvgIpc) is 2.64. The van der Waals surface area contributed by atoms with Crippen molar-refractivity contribution in [2.24, 2.45) is 0 Å². The summed E-state index contributed by atoms with van der Waals surface area (Å²) in [6.07, 6.45) is 0.412. The van der Waals surface area contributed by atoms with Gasteiger partial charge in [-0.2, -0.15) is 0 Å². The Morgan fingerprint density at radius 1 is 0.893 bits per heavy atom. The lowest BCUT2D eigenvalue weighted by atomic mass is 9.91. The minimum Gasteiger partial charge on any atom is -0.460 e. The normalized spacial score (nSPS) is 19.5. The predicted octanol–water partition coefficient (Wildman–Crippen LogP) is 3.71. The highest BCUT2D eigenvalue weighted by Gasteiger charge is 2.48. The van der Waals surface area contributed by atoms with E-state index < -0.39 is 17.7 Å². The van der Waals surface area contributed by atoms with Crippen molar-refractivity contribution in [2.75, 3.05) is 0 Å². The molecular formula is C23H27NO4. The Kier molecular flexibility index (Phi) is 6.15. The van der Waals surface area contributed by atoms with Crippen molar-refractivity contribution in [1.82, 2.24) is 4.90 Å². The first-order chi connectivity index (χ1) is 13.3. The summed E-state index contributed by atoms with van der Waals surface area (Å²) in [5.74, 6) is -0.602. The molecule has 1 aliphatic heterocycles. The van der Waals surface area contributed by atoms with Crippen molar-refractivity contribution >= 4 is 11.9 Å². The Morgan fingerprint density at radius 2 is 1.43 bits per heavy atom. The molecule has 0 aromatic heterocycles. The third-order valence-electron chi connectivity index (χ3n) is 4.63. The number of ether oxygens (including phenoxy) is 2. The number of hydrogen-bond acceptors (Lipinski definition) is 5. The van der Waals surface area contributed by atoms with Crippen LogP contribution in [0.3, 0.4) is 0 Å². The summed E-state index contributed by atoms with van der Waals surface area (Å²) in [6, 6.07) is 18.5. The van der Waals surface area contributed by atoms with Crippen molar-refractivity contribution in [3.05, 3.63) is 71.8 Å². The molecular weight excluding hydrogens is 354 g/mol. The van der Waals surface area contributed by atoms with Gasteiger partial charge in [-0.05, 0) is 38.3 Å². The van der Waals surface area contributed by atoms with E-state index in [0.29, 0.717) is 13.0 Å². The van der Waals surface area contributed by atoms with Gasteiger partial charge in [0, 0.05) is 6.54 Å². The smallest absolute Gasteiger partial charge is 0.323 e. The predicted molar refractivity (Wildman–Crippen MR) is 106 cm³/mol. The molecule has 3 rings (SSSR count). The van der Waals surface area contributed by atoms with Crippen LogP contribution in [0.25, 0.3) is 0 Å². The molecule has 0 amide bonds. The first-order valence-corrected chi connectivity index (χ1v) is 9.56. The number of carbonyl (C=O) groups excluding carboxylic acids is 2. The van der Waals surface area contributed by atoms with Crippen LogP contribution in [-0.2, 0) is 32.2 Å². The van der Waals surface area contributed by atoms with Crippen LogP contribution in [0.15, 0.2) is 60.7 Å². The summed E-state index contributed by atoms with van der Waals surface area (Å²) in [5, 5.41) is 0. The van der Waals surface area contributed by atoms with Gasteiger partial charge in [0.1, 0.15) is 24.3 Å². The van der Waals surface area contributed by atoms with E-state index in [2.05, 4.69) is 0 Å². The van der Waals surface area contributed by atoms with E-state index in [1.807, 2.05) is 86.3 Å². The second-order valence-corrected chi connectivity index (χ2v) is 8.05. The van der Waals surface area contributed by atoms with Gasteiger partial charge >= 0.3 is 11.9 Å². The molecule has 1 aliphatic rings. The Balaban J connectivity index is 1.67.